The smallest absolute Gasteiger partial charge is 0.358 e. The van der Waals surface area contributed by atoms with E-state index in [0.29, 0.717) is 0 Å². The first-order valence-electron chi connectivity index (χ1n) is 3.22. The van der Waals surface area contributed by atoms with E-state index in [9.17, 15) is 18.9 Å². The van der Waals surface area contributed by atoms with Crippen LogP contribution in [0.25, 0.3) is 0 Å². The van der Waals surface area contributed by atoms with Crippen LogP contribution in [-0.4, -0.2) is 9.91 Å². The molecular formula is C6H2BrF2IN2O2. The Bertz CT molecular complexity index is 388. The van der Waals surface area contributed by atoms with Crippen LogP contribution in [0.1, 0.15) is 12.1 Å². The van der Waals surface area contributed by atoms with Gasteiger partial charge in [0.15, 0.2) is 0 Å². The van der Waals surface area contributed by atoms with Gasteiger partial charge >= 0.3 is 12.2 Å². The van der Waals surface area contributed by atoms with Crippen LogP contribution in [0.5, 0.6) is 0 Å². The number of aromatic nitrogens is 1. The first-order valence-corrected chi connectivity index (χ1v) is 5.09. The van der Waals surface area contributed by atoms with Crippen molar-refractivity contribution in [2.75, 3.05) is 0 Å². The lowest BCUT2D eigenvalue weighted by Gasteiger charge is -2.00. The molecule has 0 unspecified atom stereocenters. The number of halogens is 4. The minimum atomic E-state index is -2.81. The molecule has 4 nitrogen and oxygen atoms in total. The predicted molar refractivity (Wildman–Crippen MR) is 56.3 cm³/mol. The quantitative estimate of drug-likeness (QED) is 0.450. The number of nitrogens with zero attached hydrogens (tertiary/aromatic N) is 2. The highest BCUT2D eigenvalue weighted by molar-refractivity contribution is 14.1. The number of hydrogen-bond donors (Lipinski definition) is 0. The van der Waals surface area contributed by atoms with E-state index >= 15 is 0 Å². The number of hydrogen-bond acceptors (Lipinski definition) is 3. The Kier molecular flexibility index (Phi) is 3.70. The van der Waals surface area contributed by atoms with Crippen molar-refractivity contribution in [3.8, 4) is 0 Å². The van der Waals surface area contributed by atoms with Gasteiger partial charge in [-0.3, -0.25) is 0 Å². The third-order valence-electron chi connectivity index (χ3n) is 1.32. The van der Waals surface area contributed by atoms with Crippen LogP contribution in [-0.2, 0) is 0 Å². The van der Waals surface area contributed by atoms with Gasteiger partial charge in [-0.2, -0.15) is 0 Å². The molecule has 0 aliphatic carbocycles. The minimum Gasteiger partial charge on any atom is -0.358 e. The molecule has 1 heterocycles. The van der Waals surface area contributed by atoms with E-state index < -0.39 is 22.9 Å². The fourth-order valence-electron chi connectivity index (χ4n) is 0.752. The molecule has 0 fully saturated rings. The standard InChI is InChI=1S/C6H2BrF2IN2O2/c7-2-1-3(10)4(5(8)9)11-6(2)12(13)14/h1,5H. The summed E-state index contributed by atoms with van der Waals surface area (Å²) in [5.41, 5.74) is -0.569. The summed E-state index contributed by atoms with van der Waals surface area (Å²) in [6.07, 6.45) is -2.81. The second kappa shape index (κ2) is 4.43. The van der Waals surface area contributed by atoms with Gasteiger partial charge in [-0.05, 0) is 54.5 Å². The van der Waals surface area contributed by atoms with Crippen molar-refractivity contribution >= 4 is 44.3 Å². The van der Waals surface area contributed by atoms with Crippen molar-refractivity contribution in [2.24, 2.45) is 0 Å². The van der Waals surface area contributed by atoms with Crippen molar-refractivity contribution in [3.05, 3.63) is 29.9 Å². The average Bonchev–Trinajstić information content (AvgIpc) is 2.02. The number of pyridine rings is 1. The molecule has 0 bridgehead atoms. The molecule has 1 rings (SSSR count). The highest BCUT2D eigenvalue weighted by atomic mass is 127. The van der Waals surface area contributed by atoms with Crippen LogP contribution >= 0.6 is 38.5 Å². The first-order chi connectivity index (χ1) is 6.43. The van der Waals surface area contributed by atoms with Gasteiger partial charge in [0.1, 0.15) is 4.47 Å². The zero-order valence-corrected chi connectivity index (χ0v) is 10.1. The summed E-state index contributed by atoms with van der Waals surface area (Å²) in [6, 6.07) is 1.24. The molecule has 0 aliphatic rings. The highest BCUT2D eigenvalue weighted by Gasteiger charge is 2.25. The lowest BCUT2D eigenvalue weighted by Crippen LogP contribution is -2.00. The van der Waals surface area contributed by atoms with Gasteiger partial charge in [0.2, 0.25) is 5.69 Å². The molecule has 0 N–H and O–H groups in total. The summed E-state index contributed by atoms with van der Waals surface area (Å²) in [6.45, 7) is 0. The molecule has 0 saturated heterocycles. The van der Waals surface area contributed by atoms with Gasteiger partial charge in [0.05, 0.1) is 3.57 Å². The van der Waals surface area contributed by atoms with Gasteiger partial charge < -0.3 is 10.1 Å². The van der Waals surface area contributed by atoms with E-state index in [1.165, 1.54) is 6.07 Å². The Morgan fingerprint density at radius 3 is 2.64 bits per heavy atom. The van der Waals surface area contributed by atoms with Crippen molar-refractivity contribution in [2.45, 2.75) is 6.43 Å². The summed E-state index contributed by atoms with van der Waals surface area (Å²) in [7, 11) is 0. The Hall–Kier alpha value is -0.380. The molecule has 14 heavy (non-hydrogen) atoms. The summed E-state index contributed by atoms with van der Waals surface area (Å²) in [4.78, 5) is 12.8. The van der Waals surface area contributed by atoms with Gasteiger partial charge in [-0.25, -0.2) is 8.78 Å². The van der Waals surface area contributed by atoms with E-state index in [0.717, 1.165) is 0 Å². The number of rotatable bonds is 2. The Morgan fingerprint density at radius 2 is 2.21 bits per heavy atom. The molecule has 0 spiro atoms. The summed E-state index contributed by atoms with van der Waals surface area (Å²) < 4.78 is 24.9. The van der Waals surface area contributed by atoms with Crippen molar-refractivity contribution < 1.29 is 13.7 Å². The van der Waals surface area contributed by atoms with Crippen LogP contribution in [0.2, 0.25) is 0 Å². The van der Waals surface area contributed by atoms with Crippen LogP contribution in [0.3, 0.4) is 0 Å². The van der Waals surface area contributed by atoms with Gasteiger partial charge in [0, 0.05) is 0 Å². The maximum absolute atomic E-state index is 12.3. The second-order valence-corrected chi connectivity index (χ2v) is 4.24. The van der Waals surface area contributed by atoms with E-state index in [4.69, 9.17) is 0 Å². The van der Waals surface area contributed by atoms with Crippen LogP contribution < -0.4 is 0 Å². The lowest BCUT2D eigenvalue weighted by atomic mass is 10.3. The van der Waals surface area contributed by atoms with E-state index in [2.05, 4.69) is 20.9 Å². The molecule has 1 aromatic rings. The Morgan fingerprint density at radius 1 is 1.64 bits per heavy atom. The predicted octanol–water partition coefficient (Wildman–Crippen LogP) is 3.29. The van der Waals surface area contributed by atoms with Crippen molar-refractivity contribution in [3.63, 3.8) is 0 Å². The molecule has 0 atom stereocenters. The molecule has 0 aliphatic heterocycles. The van der Waals surface area contributed by atoms with Crippen LogP contribution in [0, 0.1) is 13.7 Å². The molecule has 1 aromatic heterocycles. The SMILES string of the molecule is O=[N+]([O-])c1nc(C(F)F)c(I)cc1Br. The van der Waals surface area contributed by atoms with Crippen molar-refractivity contribution in [1.29, 1.82) is 0 Å². The lowest BCUT2D eigenvalue weighted by molar-refractivity contribution is -0.390. The van der Waals surface area contributed by atoms with Gasteiger partial charge in [0.25, 0.3) is 0 Å². The maximum atomic E-state index is 12.3. The number of alkyl halides is 2. The fraction of sp³-hybridized carbons (Fsp3) is 0.167. The van der Waals surface area contributed by atoms with Crippen LogP contribution in [0.4, 0.5) is 14.6 Å². The Labute approximate surface area is 99.1 Å². The largest absolute Gasteiger partial charge is 0.378 e. The Balaban J connectivity index is 3.34. The zero-order valence-electron chi connectivity index (χ0n) is 6.38. The monoisotopic (exact) mass is 378 g/mol. The average molecular weight is 379 g/mol. The molecule has 0 saturated carbocycles. The number of nitro groups is 1. The molecule has 0 aromatic carbocycles. The van der Waals surface area contributed by atoms with E-state index in [1.807, 2.05) is 0 Å². The molecule has 0 amide bonds. The van der Waals surface area contributed by atoms with Gasteiger partial charge in [-0.15, -0.1) is 0 Å². The minimum absolute atomic E-state index is 0.0938. The second-order valence-electron chi connectivity index (χ2n) is 2.22. The molecule has 0 radical (unpaired) electrons. The van der Waals surface area contributed by atoms with Crippen molar-refractivity contribution in [1.82, 2.24) is 4.98 Å². The summed E-state index contributed by atoms with van der Waals surface area (Å²) >= 11 is 4.52. The molecular weight excluding hydrogens is 377 g/mol. The topological polar surface area (TPSA) is 56.0 Å². The van der Waals surface area contributed by atoms with Crippen LogP contribution in [0.15, 0.2) is 10.5 Å². The third-order valence-corrected chi connectivity index (χ3v) is 2.77. The fourth-order valence-corrected chi connectivity index (χ4v) is 2.31. The van der Waals surface area contributed by atoms with Gasteiger partial charge in [-0.1, -0.05) is 0 Å². The summed E-state index contributed by atoms with van der Waals surface area (Å²) in [5.74, 6) is -0.597. The summed E-state index contributed by atoms with van der Waals surface area (Å²) in [5, 5.41) is 10.4. The zero-order chi connectivity index (χ0) is 10.9. The molecule has 76 valence electrons. The first kappa shape index (κ1) is 11.7. The van der Waals surface area contributed by atoms with E-state index in [1.54, 1.807) is 22.6 Å². The molecule has 8 heteroatoms. The normalized spacial score (nSPS) is 10.6. The third kappa shape index (κ3) is 2.35. The highest BCUT2D eigenvalue weighted by Crippen LogP contribution is 2.30. The van der Waals surface area contributed by atoms with E-state index in [-0.39, 0.29) is 8.04 Å². The maximum Gasteiger partial charge on any atom is 0.378 e.